The van der Waals surface area contributed by atoms with Gasteiger partial charge in [-0.05, 0) is 20.8 Å². The third-order valence-corrected chi connectivity index (χ3v) is 0.274. The van der Waals surface area contributed by atoms with Crippen LogP contribution in [0.4, 0.5) is 0 Å². The third-order valence-electron chi connectivity index (χ3n) is 0.274. The molecular formula is C4H13NaO6S. The van der Waals surface area contributed by atoms with Crippen LogP contribution in [0.15, 0.2) is 0 Å². The first-order valence-electron chi connectivity index (χ1n) is 2.59. The van der Waals surface area contributed by atoms with Crippen molar-refractivity contribution >= 4 is 10.4 Å². The van der Waals surface area contributed by atoms with Crippen LogP contribution in [-0.4, -0.2) is 28.4 Å². The Morgan fingerprint density at radius 3 is 1.33 bits per heavy atom. The van der Waals surface area contributed by atoms with Crippen molar-refractivity contribution in [2.24, 2.45) is 0 Å². The second-order valence-corrected chi connectivity index (χ2v) is 3.55. The van der Waals surface area contributed by atoms with Gasteiger partial charge in [0.2, 0.25) is 0 Å². The molecule has 0 heterocycles. The van der Waals surface area contributed by atoms with Crippen molar-refractivity contribution in [1.82, 2.24) is 0 Å². The molecule has 0 fully saturated rings. The maximum atomic E-state index is 8.74. The summed E-state index contributed by atoms with van der Waals surface area (Å²) in [5.41, 5.74) is -0.403. The Bertz CT molecular complexity index is 177. The van der Waals surface area contributed by atoms with Crippen molar-refractivity contribution in [1.29, 1.82) is 0 Å². The Hall–Kier alpha value is 0.790. The minimum Gasteiger partial charge on any atom is -1.00 e. The average Bonchev–Trinajstić information content (AvgIpc) is 1.59. The number of rotatable bonds is 0. The van der Waals surface area contributed by atoms with Gasteiger partial charge in [0.15, 0.2) is 0 Å². The van der Waals surface area contributed by atoms with E-state index < -0.39 is 16.0 Å². The molecule has 0 aromatic heterocycles. The van der Waals surface area contributed by atoms with Crippen molar-refractivity contribution in [3.05, 3.63) is 0 Å². The molecule has 0 spiro atoms. The Labute approximate surface area is 95.2 Å². The topological polar surface area (TPSA) is 104 Å². The van der Waals surface area contributed by atoms with Gasteiger partial charge in [-0.2, -0.15) is 8.42 Å². The first-order chi connectivity index (χ1) is 4.56. The quantitative estimate of drug-likeness (QED) is 0.181. The molecule has 0 aromatic rings. The molecule has 3 N–H and O–H groups in total. The van der Waals surface area contributed by atoms with E-state index in [-0.39, 0.29) is 31.0 Å². The van der Waals surface area contributed by atoms with E-state index in [1.54, 1.807) is 20.8 Å². The Morgan fingerprint density at radius 1 is 1.25 bits per heavy atom. The van der Waals surface area contributed by atoms with Crippen molar-refractivity contribution < 1.29 is 58.7 Å². The molecule has 8 heteroatoms. The second kappa shape index (κ2) is 7.22. The van der Waals surface area contributed by atoms with Crippen molar-refractivity contribution in [3.8, 4) is 0 Å². The molecule has 0 aliphatic heterocycles. The fraction of sp³-hybridized carbons (Fsp3) is 1.00. The molecule has 72 valence electrons. The molecule has 0 unspecified atom stereocenters. The van der Waals surface area contributed by atoms with Crippen molar-refractivity contribution in [2.75, 3.05) is 0 Å². The van der Waals surface area contributed by atoms with Crippen LogP contribution in [0.1, 0.15) is 22.2 Å². The zero-order valence-corrected chi connectivity index (χ0v) is 10.3. The van der Waals surface area contributed by atoms with E-state index in [0.717, 1.165) is 0 Å². The van der Waals surface area contributed by atoms with Crippen LogP contribution in [0.5, 0.6) is 0 Å². The fourth-order valence-electron chi connectivity index (χ4n) is 0. The summed E-state index contributed by atoms with van der Waals surface area (Å²) in [7, 11) is -4.67. The molecule has 0 bridgehead atoms. The van der Waals surface area contributed by atoms with Gasteiger partial charge in [0.05, 0.1) is 5.60 Å². The van der Waals surface area contributed by atoms with E-state index in [0.29, 0.717) is 0 Å². The first-order valence-corrected chi connectivity index (χ1v) is 3.98. The predicted molar refractivity (Wildman–Crippen MR) is 38.8 cm³/mol. The molecule has 0 aromatic carbocycles. The summed E-state index contributed by atoms with van der Waals surface area (Å²) in [6, 6.07) is 0. The molecule has 0 radical (unpaired) electrons. The smallest absolute Gasteiger partial charge is 1.00 e. The largest absolute Gasteiger partial charge is 1.00 e. The number of hydrogen-bond acceptors (Lipinski definition) is 4. The zero-order chi connectivity index (χ0) is 9.71. The molecule has 0 amide bonds. The van der Waals surface area contributed by atoms with Gasteiger partial charge in [0.25, 0.3) is 0 Å². The normalized spacial score (nSPS) is 10.8. The van der Waals surface area contributed by atoms with Gasteiger partial charge in [0, 0.05) is 0 Å². The SMILES string of the molecule is CC(C)(C)OO.O=S(=O)(O)O.[H-].[Na+]. The average molecular weight is 212 g/mol. The molecule has 0 aliphatic carbocycles. The third kappa shape index (κ3) is 72.0. The first kappa shape index (κ1) is 18.5. The molecule has 0 rings (SSSR count). The minimum absolute atomic E-state index is 0. The van der Waals surface area contributed by atoms with Gasteiger partial charge in [0.1, 0.15) is 0 Å². The maximum Gasteiger partial charge on any atom is 1.00 e. The summed E-state index contributed by atoms with van der Waals surface area (Å²) < 4.78 is 31.6. The van der Waals surface area contributed by atoms with E-state index in [1.807, 2.05) is 0 Å². The number of hydrogen-bond donors (Lipinski definition) is 3. The Balaban J connectivity index is -0.0000000546. The van der Waals surface area contributed by atoms with Crippen LogP contribution < -0.4 is 29.6 Å². The van der Waals surface area contributed by atoms with E-state index in [1.165, 1.54) is 0 Å². The van der Waals surface area contributed by atoms with Crippen LogP contribution in [0.25, 0.3) is 0 Å². The maximum absolute atomic E-state index is 8.74. The van der Waals surface area contributed by atoms with Gasteiger partial charge >= 0.3 is 40.0 Å². The summed E-state index contributed by atoms with van der Waals surface area (Å²) in [6.45, 7) is 5.31. The van der Waals surface area contributed by atoms with Gasteiger partial charge in [-0.3, -0.25) is 14.4 Å². The summed E-state index contributed by atoms with van der Waals surface area (Å²) in [5, 5.41) is 7.90. The monoisotopic (exact) mass is 212 g/mol. The summed E-state index contributed by atoms with van der Waals surface area (Å²) in [4.78, 5) is 3.94. The predicted octanol–water partition coefficient (Wildman–Crippen LogP) is -2.26. The van der Waals surface area contributed by atoms with Gasteiger partial charge < -0.3 is 1.43 Å². The van der Waals surface area contributed by atoms with E-state index >= 15 is 0 Å². The fourth-order valence-corrected chi connectivity index (χ4v) is 0. The standard InChI is InChI=1S/C4H10O2.Na.H2O4S.H/c1-4(2,3)6-5;;1-5(2,3)4;/h5H,1-3H3;;(H2,1,2,3,4);/q;+1;;-1. The Morgan fingerprint density at radius 2 is 1.33 bits per heavy atom. The van der Waals surface area contributed by atoms with E-state index in [4.69, 9.17) is 22.8 Å². The molecule has 0 atom stereocenters. The van der Waals surface area contributed by atoms with Gasteiger partial charge in [-0.15, -0.1) is 0 Å². The van der Waals surface area contributed by atoms with E-state index in [2.05, 4.69) is 4.89 Å². The summed E-state index contributed by atoms with van der Waals surface area (Å²) >= 11 is 0. The van der Waals surface area contributed by atoms with Gasteiger partial charge in [-0.25, -0.2) is 4.89 Å². The summed E-state index contributed by atoms with van der Waals surface area (Å²) in [5.74, 6) is 0. The van der Waals surface area contributed by atoms with Crippen LogP contribution in [0.3, 0.4) is 0 Å². The van der Waals surface area contributed by atoms with Crippen LogP contribution >= 0.6 is 0 Å². The Kier molecular flexibility index (Phi) is 11.2. The van der Waals surface area contributed by atoms with Crippen LogP contribution in [-0.2, 0) is 15.3 Å². The molecular weight excluding hydrogens is 199 g/mol. The van der Waals surface area contributed by atoms with E-state index in [9.17, 15) is 0 Å². The second-order valence-electron chi connectivity index (χ2n) is 2.65. The van der Waals surface area contributed by atoms with Crippen molar-refractivity contribution in [2.45, 2.75) is 26.4 Å². The molecule has 0 saturated heterocycles. The molecule has 0 saturated carbocycles. The van der Waals surface area contributed by atoms with Crippen LogP contribution in [0.2, 0.25) is 0 Å². The molecule has 6 nitrogen and oxygen atoms in total. The molecule has 12 heavy (non-hydrogen) atoms. The van der Waals surface area contributed by atoms with Crippen molar-refractivity contribution in [3.63, 3.8) is 0 Å². The minimum atomic E-state index is -4.67. The van der Waals surface area contributed by atoms with Crippen LogP contribution in [0, 0.1) is 0 Å². The summed E-state index contributed by atoms with van der Waals surface area (Å²) in [6.07, 6.45) is 0. The van der Waals surface area contributed by atoms with Gasteiger partial charge in [-0.1, -0.05) is 0 Å². The zero-order valence-electron chi connectivity index (χ0n) is 8.47. The molecule has 0 aliphatic rings.